The van der Waals surface area contributed by atoms with Crippen LogP contribution >= 0.6 is 0 Å². The molecule has 1 aliphatic rings. The van der Waals surface area contributed by atoms with Crippen molar-refractivity contribution in [1.82, 2.24) is 0 Å². The van der Waals surface area contributed by atoms with Crippen LogP contribution in [0.25, 0.3) is 0 Å². The molecule has 2 rings (SSSR count). The van der Waals surface area contributed by atoms with Crippen molar-refractivity contribution >= 4 is 0 Å². The topological polar surface area (TPSA) is 0 Å². The van der Waals surface area contributed by atoms with E-state index in [0.717, 1.165) is 23.5 Å². The molecule has 1 aromatic carbocycles. The molecule has 0 radical (unpaired) electrons. The second kappa shape index (κ2) is 4.78. The van der Waals surface area contributed by atoms with Crippen LogP contribution in [-0.4, -0.2) is 0 Å². The molecule has 1 aliphatic carbocycles. The van der Waals surface area contributed by atoms with Crippen molar-refractivity contribution in [3.63, 3.8) is 0 Å². The van der Waals surface area contributed by atoms with Crippen molar-refractivity contribution < 1.29 is 4.39 Å². The molecule has 1 aromatic rings. The molecule has 15 heavy (non-hydrogen) atoms. The fourth-order valence-corrected chi connectivity index (χ4v) is 2.57. The van der Waals surface area contributed by atoms with Gasteiger partial charge in [-0.1, -0.05) is 50.3 Å². The van der Waals surface area contributed by atoms with E-state index in [9.17, 15) is 4.39 Å². The van der Waals surface area contributed by atoms with Crippen LogP contribution in [0.15, 0.2) is 18.2 Å². The first-order valence-electron chi connectivity index (χ1n) is 6.01. The zero-order valence-corrected chi connectivity index (χ0v) is 9.43. The molecule has 0 nitrogen and oxygen atoms in total. The molecule has 1 saturated carbocycles. The molecule has 0 heterocycles. The number of hydrogen-bond donors (Lipinski definition) is 0. The third kappa shape index (κ3) is 2.58. The van der Waals surface area contributed by atoms with E-state index in [1.807, 2.05) is 25.1 Å². The predicted octanol–water partition coefficient (Wildman–Crippen LogP) is 4.26. The van der Waals surface area contributed by atoms with Crippen LogP contribution in [0.1, 0.15) is 43.2 Å². The van der Waals surface area contributed by atoms with Crippen LogP contribution in [-0.2, 0) is 6.42 Å². The highest BCUT2D eigenvalue weighted by molar-refractivity contribution is 5.25. The highest BCUT2D eigenvalue weighted by atomic mass is 19.1. The second-order valence-electron chi connectivity index (χ2n) is 4.76. The molecule has 0 aliphatic heterocycles. The normalized spacial score (nSPS) is 18.0. The van der Waals surface area contributed by atoms with Gasteiger partial charge in [-0.2, -0.15) is 0 Å². The largest absolute Gasteiger partial charge is 0.206 e. The summed E-state index contributed by atoms with van der Waals surface area (Å²) in [6.07, 6.45) is 7.54. The Kier molecular flexibility index (Phi) is 3.40. The number of aryl methyl sites for hydroxylation is 1. The molecule has 0 aromatic heterocycles. The van der Waals surface area contributed by atoms with Gasteiger partial charge in [-0.25, -0.2) is 4.39 Å². The molecular weight excluding hydrogens is 187 g/mol. The monoisotopic (exact) mass is 206 g/mol. The summed E-state index contributed by atoms with van der Waals surface area (Å²) >= 11 is 0. The molecule has 1 fully saturated rings. The second-order valence-corrected chi connectivity index (χ2v) is 4.76. The van der Waals surface area contributed by atoms with Crippen molar-refractivity contribution in [1.29, 1.82) is 0 Å². The van der Waals surface area contributed by atoms with E-state index >= 15 is 0 Å². The maximum Gasteiger partial charge on any atom is 0.129 e. The van der Waals surface area contributed by atoms with Crippen LogP contribution in [0.4, 0.5) is 4.39 Å². The van der Waals surface area contributed by atoms with Crippen molar-refractivity contribution in [2.75, 3.05) is 0 Å². The Morgan fingerprint density at radius 3 is 2.67 bits per heavy atom. The molecule has 0 amide bonds. The van der Waals surface area contributed by atoms with Crippen LogP contribution in [0.5, 0.6) is 0 Å². The van der Waals surface area contributed by atoms with Gasteiger partial charge in [-0.05, 0) is 30.4 Å². The average molecular weight is 206 g/mol. The fraction of sp³-hybridized carbons (Fsp3) is 0.571. The summed E-state index contributed by atoms with van der Waals surface area (Å²) in [5.74, 6) is 0.734. The van der Waals surface area contributed by atoms with Gasteiger partial charge in [0.15, 0.2) is 0 Å². The zero-order valence-electron chi connectivity index (χ0n) is 9.43. The molecule has 0 bridgehead atoms. The van der Waals surface area contributed by atoms with Gasteiger partial charge in [0.1, 0.15) is 5.82 Å². The predicted molar refractivity (Wildman–Crippen MR) is 61.4 cm³/mol. The van der Waals surface area contributed by atoms with Gasteiger partial charge in [0.2, 0.25) is 0 Å². The maximum atomic E-state index is 13.8. The number of halogens is 1. The summed E-state index contributed by atoms with van der Waals surface area (Å²) in [5, 5.41) is 0. The zero-order chi connectivity index (χ0) is 10.7. The quantitative estimate of drug-likeness (QED) is 0.678. The number of rotatable bonds is 2. The highest BCUT2D eigenvalue weighted by Crippen LogP contribution is 2.28. The molecule has 82 valence electrons. The van der Waals surface area contributed by atoms with Gasteiger partial charge in [0, 0.05) is 0 Å². The minimum Gasteiger partial charge on any atom is -0.206 e. The average Bonchev–Trinajstić information content (AvgIpc) is 2.26. The molecule has 0 atom stereocenters. The van der Waals surface area contributed by atoms with Gasteiger partial charge >= 0.3 is 0 Å². The summed E-state index contributed by atoms with van der Waals surface area (Å²) in [4.78, 5) is 0. The third-order valence-corrected chi connectivity index (χ3v) is 3.51. The van der Waals surface area contributed by atoms with Crippen molar-refractivity contribution in [2.45, 2.75) is 45.4 Å². The van der Waals surface area contributed by atoms with E-state index in [1.54, 1.807) is 0 Å². The molecular formula is C14H19F. The Labute approximate surface area is 91.5 Å². The van der Waals surface area contributed by atoms with E-state index in [-0.39, 0.29) is 5.82 Å². The van der Waals surface area contributed by atoms with E-state index in [2.05, 4.69) is 0 Å². The van der Waals surface area contributed by atoms with E-state index in [4.69, 9.17) is 0 Å². The van der Waals surface area contributed by atoms with Crippen LogP contribution in [0.3, 0.4) is 0 Å². The number of hydrogen-bond acceptors (Lipinski definition) is 0. The summed E-state index contributed by atoms with van der Waals surface area (Å²) in [5.41, 5.74) is 1.70. The van der Waals surface area contributed by atoms with Gasteiger partial charge in [-0.3, -0.25) is 0 Å². The van der Waals surface area contributed by atoms with Crippen molar-refractivity contribution in [3.05, 3.63) is 35.1 Å². The SMILES string of the molecule is Cc1cccc(CC2CCCCC2)c1F. The summed E-state index contributed by atoms with van der Waals surface area (Å²) in [6, 6.07) is 5.76. The summed E-state index contributed by atoms with van der Waals surface area (Å²) in [7, 11) is 0. The lowest BCUT2D eigenvalue weighted by molar-refractivity contribution is 0.353. The van der Waals surface area contributed by atoms with Gasteiger partial charge < -0.3 is 0 Å². The summed E-state index contributed by atoms with van der Waals surface area (Å²) in [6.45, 7) is 1.85. The molecule has 0 spiro atoms. The van der Waals surface area contributed by atoms with Crippen LogP contribution in [0, 0.1) is 18.7 Å². The van der Waals surface area contributed by atoms with E-state index in [1.165, 1.54) is 32.1 Å². The first kappa shape index (κ1) is 10.7. The van der Waals surface area contributed by atoms with Gasteiger partial charge in [0.25, 0.3) is 0 Å². The Morgan fingerprint density at radius 1 is 1.20 bits per heavy atom. The molecule has 0 N–H and O–H groups in total. The number of benzene rings is 1. The Morgan fingerprint density at radius 2 is 1.93 bits per heavy atom. The smallest absolute Gasteiger partial charge is 0.129 e. The standard InChI is InChI=1S/C14H19F/c1-11-6-5-9-13(14(11)15)10-12-7-3-2-4-8-12/h5-6,9,12H,2-4,7-8,10H2,1H3. The van der Waals surface area contributed by atoms with Crippen molar-refractivity contribution in [3.8, 4) is 0 Å². The first-order chi connectivity index (χ1) is 7.27. The molecule has 0 saturated heterocycles. The Bertz CT molecular complexity index is 324. The lowest BCUT2D eigenvalue weighted by Crippen LogP contribution is -2.10. The van der Waals surface area contributed by atoms with Crippen LogP contribution < -0.4 is 0 Å². The van der Waals surface area contributed by atoms with Gasteiger partial charge in [-0.15, -0.1) is 0 Å². The minimum atomic E-state index is 0.0167. The van der Waals surface area contributed by atoms with Crippen LogP contribution in [0.2, 0.25) is 0 Å². The Balaban J connectivity index is 2.06. The fourth-order valence-electron chi connectivity index (χ4n) is 2.57. The molecule has 1 heteroatoms. The lowest BCUT2D eigenvalue weighted by atomic mass is 9.84. The van der Waals surface area contributed by atoms with E-state index in [0.29, 0.717) is 0 Å². The lowest BCUT2D eigenvalue weighted by Gasteiger charge is -2.21. The first-order valence-corrected chi connectivity index (χ1v) is 6.01. The maximum absolute atomic E-state index is 13.8. The molecule has 0 unspecified atom stereocenters. The van der Waals surface area contributed by atoms with Gasteiger partial charge in [0.05, 0.1) is 0 Å². The third-order valence-electron chi connectivity index (χ3n) is 3.51. The van der Waals surface area contributed by atoms with E-state index < -0.39 is 0 Å². The minimum absolute atomic E-state index is 0.0167. The summed E-state index contributed by atoms with van der Waals surface area (Å²) < 4.78 is 13.8. The van der Waals surface area contributed by atoms with Crippen molar-refractivity contribution in [2.24, 2.45) is 5.92 Å². The Hall–Kier alpha value is -0.850. The highest BCUT2D eigenvalue weighted by Gasteiger charge is 2.16.